The molecule has 0 unspecified atom stereocenters. The number of halogens is 1. The molecule has 0 aliphatic heterocycles. The highest BCUT2D eigenvalue weighted by Gasteiger charge is 2.17. The highest BCUT2D eigenvalue weighted by Crippen LogP contribution is 2.17. The summed E-state index contributed by atoms with van der Waals surface area (Å²) in [4.78, 5) is 17.8. The van der Waals surface area contributed by atoms with Gasteiger partial charge in [-0.15, -0.1) is 12.4 Å². The van der Waals surface area contributed by atoms with Gasteiger partial charge in [-0.05, 0) is 31.2 Å². The Morgan fingerprint density at radius 2 is 1.53 bits per heavy atom. The average Bonchev–Trinajstić information content (AvgIpc) is 2.46. The van der Waals surface area contributed by atoms with Gasteiger partial charge in [-0.2, -0.15) is 5.06 Å². The van der Waals surface area contributed by atoms with Crippen molar-refractivity contribution in [3.63, 3.8) is 0 Å². The summed E-state index contributed by atoms with van der Waals surface area (Å²) in [7, 11) is 0. The van der Waals surface area contributed by atoms with Gasteiger partial charge in [-0.3, -0.25) is 9.63 Å². The first kappa shape index (κ1) is 15.2. The summed E-state index contributed by atoms with van der Waals surface area (Å²) < 4.78 is 0. The zero-order chi connectivity index (χ0) is 12.8. The number of carbonyl (C=O) groups is 1. The Hall–Kier alpha value is -1.84. The van der Waals surface area contributed by atoms with Crippen LogP contribution in [0.3, 0.4) is 0 Å². The minimum absolute atomic E-state index is 0. The van der Waals surface area contributed by atoms with Crippen molar-refractivity contribution >= 4 is 24.0 Å². The number of nitrogens with zero attached hydrogens (tertiary/aromatic N) is 1. The Kier molecular flexibility index (Phi) is 6.06. The Bertz CT molecular complexity index is 502. The molecule has 0 atom stereocenters. The van der Waals surface area contributed by atoms with E-state index >= 15 is 0 Å². The summed E-state index contributed by atoms with van der Waals surface area (Å²) >= 11 is 0. The fourth-order valence-electron chi connectivity index (χ4n) is 1.64. The van der Waals surface area contributed by atoms with Crippen molar-refractivity contribution in [1.82, 2.24) is 0 Å². The SMILES string of the molecule is CCON(C(=O)c1ccccc1)c1ccccc1.Cl. The molecule has 4 heteroatoms. The standard InChI is InChI=1S/C15H15NO2.ClH/c1-2-18-16(14-11-7-4-8-12-14)15(17)13-9-5-3-6-10-13;/h3-12H,2H2,1H3;1H. The number of para-hydroxylation sites is 1. The summed E-state index contributed by atoms with van der Waals surface area (Å²) in [5.41, 5.74) is 1.34. The van der Waals surface area contributed by atoms with Crippen molar-refractivity contribution in [3.05, 3.63) is 66.2 Å². The molecule has 0 N–H and O–H groups in total. The molecule has 100 valence electrons. The van der Waals surface area contributed by atoms with Crippen LogP contribution in [-0.4, -0.2) is 12.5 Å². The maximum Gasteiger partial charge on any atom is 0.282 e. The molecular weight excluding hydrogens is 262 g/mol. The lowest BCUT2D eigenvalue weighted by molar-refractivity contribution is 0.0680. The molecular formula is C15H16ClNO2. The lowest BCUT2D eigenvalue weighted by Gasteiger charge is -2.21. The smallest absolute Gasteiger partial charge is 0.266 e. The van der Waals surface area contributed by atoms with Crippen molar-refractivity contribution in [1.29, 1.82) is 0 Å². The maximum absolute atomic E-state index is 12.3. The monoisotopic (exact) mass is 277 g/mol. The molecule has 0 spiro atoms. The van der Waals surface area contributed by atoms with Crippen molar-refractivity contribution in [2.45, 2.75) is 6.92 Å². The van der Waals surface area contributed by atoms with Gasteiger partial charge >= 0.3 is 0 Å². The number of rotatable bonds is 4. The van der Waals surface area contributed by atoms with Crippen molar-refractivity contribution < 1.29 is 9.63 Å². The fraction of sp³-hybridized carbons (Fsp3) is 0.133. The predicted molar refractivity (Wildman–Crippen MR) is 78.6 cm³/mol. The van der Waals surface area contributed by atoms with Gasteiger partial charge in [0.05, 0.1) is 12.3 Å². The van der Waals surface area contributed by atoms with Crippen LogP contribution in [0.5, 0.6) is 0 Å². The van der Waals surface area contributed by atoms with Crippen molar-refractivity contribution in [2.24, 2.45) is 0 Å². The van der Waals surface area contributed by atoms with E-state index in [2.05, 4.69) is 0 Å². The molecule has 0 aliphatic rings. The van der Waals surface area contributed by atoms with Gasteiger partial charge in [-0.1, -0.05) is 36.4 Å². The Morgan fingerprint density at radius 3 is 2.05 bits per heavy atom. The fourth-order valence-corrected chi connectivity index (χ4v) is 1.64. The molecule has 0 fully saturated rings. The van der Waals surface area contributed by atoms with E-state index < -0.39 is 0 Å². The van der Waals surface area contributed by atoms with Crippen LogP contribution >= 0.6 is 12.4 Å². The second-order valence-corrected chi connectivity index (χ2v) is 3.72. The van der Waals surface area contributed by atoms with E-state index in [0.717, 1.165) is 5.69 Å². The summed E-state index contributed by atoms with van der Waals surface area (Å²) in [6.45, 7) is 2.29. The van der Waals surface area contributed by atoms with Gasteiger partial charge in [-0.25, -0.2) is 0 Å². The highest BCUT2D eigenvalue weighted by molar-refractivity contribution is 6.04. The molecule has 0 radical (unpaired) electrons. The van der Waals surface area contributed by atoms with Crippen LogP contribution in [0.1, 0.15) is 17.3 Å². The topological polar surface area (TPSA) is 29.5 Å². The Labute approximate surface area is 119 Å². The molecule has 2 rings (SSSR count). The first-order chi connectivity index (χ1) is 8.83. The van der Waals surface area contributed by atoms with Crippen LogP contribution in [0.4, 0.5) is 5.69 Å². The van der Waals surface area contributed by atoms with E-state index in [1.165, 1.54) is 5.06 Å². The molecule has 2 aromatic carbocycles. The van der Waals surface area contributed by atoms with E-state index in [1.54, 1.807) is 12.1 Å². The molecule has 3 nitrogen and oxygen atoms in total. The van der Waals surface area contributed by atoms with Crippen LogP contribution in [-0.2, 0) is 4.84 Å². The zero-order valence-corrected chi connectivity index (χ0v) is 11.5. The molecule has 0 saturated carbocycles. The summed E-state index contributed by atoms with van der Waals surface area (Å²) in [5.74, 6) is -0.163. The van der Waals surface area contributed by atoms with Gasteiger partial charge in [0.25, 0.3) is 5.91 Å². The van der Waals surface area contributed by atoms with E-state index in [4.69, 9.17) is 4.84 Å². The number of hydrogen-bond acceptors (Lipinski definition) is 2. The van der Waals surface area contributed by atoms with Gasteiger partial charge < -0.3 is 0 Å². The number of amides is 1. The maximum atomic E-state index is 12.3. The number of hydroxylamine groups is 1. The quantitative estimate of drug-likeness (QED) is 0.798. The molecule has 19 heavy (non-hydrogen) atoms. The molecule has 1 amide bonds. The van der Waals surface area contributed by atoms with Gasteiger partial charge in [0, 0.05) is 5.56 Å². The molecule has 0 saturated heterocycles. The van der Waals surface area contributed by atoms with Gasteiger partial charge in [0.1, 0.15) is 0 Å². The summed E-state index contributed by atoms with van der Waals surface area (Å²) in [6, 6.07) is 18.4. The third-order valence-corrected chi connectivity index (χ3v) is 2.45. The summed E-state index contributed by atoms with van der Waals surface area (Å²) in [5, 5.41) is 1.33. The summed E-state index contributed by atoms with van der Waals surface area (Å²) in [6.07, 6.45) is 0. The van der Waals surface area contributed by atoms with Crippen LogP contribution in [0.25, 0.3) is 0 Å². The van der Waals surface area contributed by atoms with Crippen LogP contribution in [0.15, 0.2) is 60.7 Å². The molecule has 0 aliphatic carbocycles. The third kappa shape index (κ3) is 3.81. The normalized spacial score (nSPS) is 9.53. The lowest BCUT2D eigenvalue weighted by atomic mass is 10.2. The molecule has 2 aromatic rings. The minimum atomic E-state index is -0.163. The second kappa shape index (κ2) is 7.56. The van der Waals surface area contributed by atoms with Gasteiger partial charge in [0.15, 0.2) is 0 Å². The molecule has 0 heterocycles. The second-order valence-electron chi connectivity index (χ2n) is 3.72. The number of hydrogen-bond donors (Lipinski definition) is 0. The Balaban J connectivity index is 0.00000180. The highest BCUT2D eigenvalue weighted by atomic mass is 35.5. The largest absolute Gasteiger partial charge is 0.282 e. The number of benzene rings is 2. The van der Waals surface area contributed by atoms with Crippen LogP contribution < -0.4 is 5.06 Å². The van der Waals surface area contributed by atoms with Crippen molar-refractivity contribution in [2.75, 3.05) is 11.7 Å². The minimum Gasteiger partial charge on any atom is -0.266 e. The molecule has 0 aromatic heterocycles. The first-order valence-electron chi connectivity index (χ1n) is 5.90. The zero-order valence-electron chi connectivity index (χ0n) is 10.7. The number of anilines is 1. The van der Waals surface area contributed by atoms with E-state index in [1.807, 2.05) is 55.5 Å². The lowest BCUT2D eigenvalue weighted by Crippen LogP contribution is -2.31. The first-order valence-corrected chi connectivity index (χ1v) is 5.90. The van der Waals surface area contributed by atoms with Gasteiger partial charge in [0.2, 0.25) is 0 Å². The third-order valence-electron chi connectivity index (χ3n) is 2.45. The number of carbonyl (C=O) groups excluding carboxylic acids is 1. The van der Waals surface area contributed by atoms with Crippen molar-refractivity contribution in [3.8, 4) is 0 Å². The Morgan fingerprint density at radius 1 is 1.00 bits per heavy atom. The van der Waals surface area contributed by atoms with E-state index in [-0.39, 0.29) is 18.3 Å². The predicted octanol–water partition coefficient (Wildman–Crippen LogP) is 3.71. The van der Waals surface area contributed by atoms with Crippen LogP contribution in [0, 0.1) is 0 Å². The molecule has 0 bridgehead atoms. The van der Waals surface area contributed by atoms with Crippen LogP contribution in [0.2, 0.25) is 0 Å². The van der Waals surface area contributed by atoms with E-state index in [0.29, 0.717) is 12.2 Å². The average molecular weight is 278 g/mol. The van der Waals surface area contributed by atoms with E-state index in [9.17, 15) is 4.79 Å².